The summed E-state index contributed by atoms with van der Waals surface area (Å²) < 4.78 is 13.9. The summed E-state index contributed by atoms with van der Waals surface area (Å²) in [5.41, 5.74) is 1.05. The molecule has 1 amide bonds. The van der Waals surface area contributed by atoms with Crippen LogP contribution >= 0.6 is 11.6 Å². The lowest BCUT2D eigenvalue weighted by molar-refractivity contribution is -0.115. The molecule has 9 nitrogen and oxygen atoms in total. The van der Waals surface area contributed by atoms with Crippen LogP contribution in [0, 0.1) is 5.82 Å². The molecule has 0 bridgehead atoms. The van der Waals surface area contributed by atoms with Crippen molar-refractivity contribution in [1.29, 1.82) is 0 Å². The van der Waals surface area contributed by atoms with Crippen LogP contribution in [0.4, 0.5) is 33.6 Å². The van der Waals surface area contributed by atoms with Crippen molar-refractivity contribution < 1.29 is 14.0 Å². The van der Waals surface area contributed by atoms with Crippen LogP contribution in [0.1, 0.15) is 55.3 Å². The molecule has 2 fully saturated rings. The third kappa shape index (κ3) is 7.00. The standard InChI is InChI=1S/C28H31ClFN7O2/c29-20-9-12-23(22(30)17-20)32-25(39)18-24(38)19-7-10-21(11-8-19)31-26-33-27(36-13-3-1-4-14-36)35-28(34-26)37-15-5-2-6-16-37/h7-12,17H,1-6,13-16,18H2,(H,32,39)(H,31,33,34,35). The molecular weight excluding hydrogens is 521 g/mol. The quantitative estimate of drug-likeness (QED) is 0.275. The first kappa shape index (κ1) is 26.8. The number of Topliss-reactive ketones (excluding diaryl/α,β-unsaturated/α-hetero) is 1. The second-order valence-corrected chi connectivity index (χ2v) is 10.3. The van der Waals surface area contributed by atoms with Gasteiger partial charge in [0, 0.05) is 42.5 Å². The zero-order valence-corrected chi connectivity index (χ0v) is 22.4. The second kappa shape index (κ2) is 12.4. The molecule has 0 spiro atoms. The van der Waals surface area contributed by atoms with E-state index in [0.29, 0.717) is 29.1 Å². The molecule has 3 heterocycles. The van der Waals surface area contributed by atoms with Crippen LogP contribution in [0.5, 0.6) is 0 Å². The lowest BCUT2D eigenvalue weighted by Crippen LogP contribution is -2.34. The maximum atomic E-state index is 13.9. The number of benzene rings is 2. The van der Waals surface area contributed by atoms with Crippen LogP contribution in [0.15, 0.2) is 42.5 Å². The predicted octanol–water partition coefficient (Wildman–Crippen LogP) is 5.60. The largest absolute Gasteiger partial charge is 0.341 e. The Morgan fingerprint density at radius 1 is 0.821 bits per heavy atom. The fourth-order valence-corrected chi connectivity index (χ4v) is 4.94. The van der Waals surface area contributed by atoms with E-state index in [-0.39, 0.29) is 16.5 Å². The first-order valence-corrected chi connectivity index (χ1v) is 13.7. The van der Waals surface area contributed by atoms with E-state index in [1.807, 2.05) is 0 Å². The third-order valence-corrected chi connectivity index (χ3v) is 7.11. The van der Waals surface area contributed by atoms with E-state index in [0.717, 1.165) is 57.9 Å². The highest BCUT2D eigenvalue weighted by Crippen LogP contribution is 2.25. The topological polar surface area (TPSA) is 103 Å². The van der Waals surface area contributed by atoms with Gasteiger partial charge in [-0.15, -0.1) is 0 Å². The van der Waals surface area contributed by atoms with Crippen LogP contribution in [0.25, 0.3) is 0 Å². The minimum Gasteiger partial charge on any atom is -0.341 e. The van der Waals surface area contributed by atoms with Crippen molar-refractivity contribution in [1.82, 2.24) is 15.0 Å². The number of nitrogens with one attached hydrogen (secondary N) is 2. The predicted molar refractivity (Wildman–Crippen MR) is 151 cm³/mol. The van der Waals surface area contributed by atoms with Gasteiger partial charge in [0.1, 0.15) is 5.82 Å². The van der Waals surface area contributed by atoms with E-state index in [1.165, 1.54) is 25.0 Å². The van der Waals surface area contributed by atoms with Gasteiger partial charge in [0.05, 0.1) is 12.1 Å². The number of rotatable bonds is 8. The summed E-state index contributed by atoms with van der Waals surface area (Å²) in [6, 6.07) is 10.7. The Hall–Kier alpha value is -3.79. The van der Waals surface area contributed by atoms with Crippen molar-refractivity contribution >= 4 is 52.5 Å². The van der Waals surface area contributed by atoms with Gasteiger partial charge in [-0.2, -0.15) is 15.0 Å². The van der Waals surface area contributed by atoms with Gasteiger partial charge in [0.25, 0.3) is 0 Å². The summed E-state index contributed by atoms with van der Waals surface area (Å²) in [6.07, 6.45) is 6.50. The average Bonchev–Trinajstić information content (AvgIpc) is 2.96. The lowest BCUT2D eigenvalue weighted by atomic mass is 10.1. The first-order valence-electron chi connectivity index (χ1n) is 13.4. The second-order valence-electron chi connectivity index (χ2n) is 9.83. The van der Waals surface area contributed by atoms with E-state index in [9.17, 15) is 14.0 Å². The highest BCUT2D eigenvalue weighted by Gasteiger charge is 2.21. The summed E-state index contributed by atoms with van der Waals surface area (Å²) in [4.78, 5) is 43.6. The number of carbonyl (C=O) groups is 2. The molecule has 3 aromatic rings. The molecule has 204 valence electrons. The van der Waals surface area contributed by atoms with E-state index in [2.05, 4.69) is 20.4 Å². The number of nitrogens with zero attached hydrogens (tertiary/aromatic N) is 5. The van der Waals surface area contributed by atoms with Gasteiger partial charge in [0.15, 0.2) is 5.78 Å². The maximum absolute atomic E-state index is 13.9. The molecule has 2 aliphatic rings. The van der Waals surface area contributed by atoms with Crippen LogP contribution in [-0.4, -0.2) is 52.8 Å². The molecule has 5 rings (SSSR count). The fourth-order valence-electron chi connectivity index (χ4n) is 4.78. The Balaban J connectivity index is 1.26. The van der Waals surface area contributed by atoms with Crippen molar-refractivity contribution in [3.63, 3.8) is 0 Å². The third-order valence-electron chi connectivity index (χ3n) is 6.88. The molecule has 2 aliphatic heterocycles. The number of amides is 1. The number of piperidine rings is 2. The summed E-state index contributed by atoms with van der Waals surface area (Å²) in [5, 5.41) is 5.89. The maximum Gasteiger partial charge on any atom is 0.233 e. The first-order chi connectivity index (χ1) is 18.9. The molecule has 2 saturated heterocycles. The van der Waals surface area contributed by atoms with E-state index in [4.69, 9.17) is 26.6 Å². The number of halogens is 2. The van der Waals surface area contributed by atoms with Gasteiger partial charge < -0.3 is 20.4 Å². The summed E-state index contributed by atoms with van der Waals surface area (Å²) in [7, 11) is 0. The number of anilines is 5. The molecule has 0 unspecified atom stereocenters. The minimum absolute atomic E-state index is 0.0260. The summed E-state index contributed by atoms with van der Waals surface area (Å²) in [6.45, 7) is 3.71. The number of hydrogen-bond acceptors (Lipinski definition) is 8. The number of carbonyl (C=O) groups excluding carboxylic acids is 2. The van der Waals surface area contributed by atoms with Gasteiger partial charge in [-0.05, 0) is 81.0 Å². The molecule has 0 radical (unpaired) electrons. The minimum atomic E-state index is -0.663. The summed E-state index contributed by atoms with van der Waals surface area (Å²) in [5.74, 6) is 0.168. The fraction of sp³-hybridized carbons (Fsp3) is 0.393. The van der Waals surface area contributed by atoms with Gasteiger partial charge in [-0.3, -0.25) is 9.59 Å². The monoisotopic (exact) mass is 551 g/mol. The molecule has 0 saturated carbocycles. The Morgan fingerprint density at radius 2 is 1.41 bits per heavy atom. The van der Waals surface area contributed by atoms with Crippen molar-refractivity contribution in [2.45, 2.75) is 44.9 Å². The molecule has 1 aromatic heterocycles. The molecule has 2 N–H and O–H groups in total. The Morgan fingerprint density at radius 3 is 1.97 bits per heavy atom. The zero-order valence-electron chi connectivity index (χ0n) is 21.6. The molecule has 0 aliphatic carbocycles. The van der Waals surface area contributed by atoms with Gasteiger partial charge in [-0.1, -0.05) is 11.6 Å². The Kier molecular flexibility index (Phi) is 8.51. The van der Waals surface area contributed by atoms with Gasteiger partial charge >= 0.3 is 0 Å². The smallest absolute Gasteiger partial charge is 0.233 e. The average molecular weight is 552 g/mol. The normalized spacial score (nSPS) is 15.6. The van der Waals surface area contributed by atoms with Crippen molar-refractivity contribution in [2.75, 3.05) is 46.6 Å². The van der Waals surface area contributed by atoms with Crippen LogP contribution in [-0.2, 0) is 4.79 Å². The summed E-state index contributed by atoms with van der Waals surface area (Å²) >= 11 is 5.74. The number of aromatic nitrogens is 3. The molecule has 0 atom stereocenters. The lowest BCUT2D eigenvalue weighted by Gasteiger charge is -2.30. The highest BCUT2D eigenvalue weighted by atomic mass is 35.5. The Labute approximate surface area is 231 Å². The van der Waals surface area contributed by atoms with Crippen molar-refractivity contribution in [3.05, 3.63) is 58.9 Å². The van der Waals surface area contributed by atoms with E-state index >= 15 is 0 Å². The number of hydrogen-bond donors (Lipinski definition) is 2. The zero-order chi connectivity index (χ0) is 27.2. The molecule has 2 aromatic carbocycles. The van der Waals surface area contributed by atoms with Crippen molar-refractivity contribution in [2.24, 2.45) is 0 Å². The van der Waals surface area contributed by atoms with Gasteiger partial charge in [-0.25, -0.2) is 4.39 Å². The highest BCUT2D eigenvalue weighted by molar-refractivity contribution is 6.30. The molecular formula is C28H31ClFN7O2. The van der Waals surface area contributed by atoms with Crippen LogP contribution in [0.3, 0.4) is 0 Å². The van der Waals surface area contributed by atoms with Gasteiger partial charge in [0.2, 0.25) is 23.8 Å². The Bertz CT molecular complexity index is 1290. The van der Waals surface area contributed by atoms with E-state index in [1.54, 1.807) is 24.3 Å². The van der Waals surface area contributed by atoms with Crippen LogP contribution < -0.4 is 20.4 Å². The number of ketones is 1. The van der Waals surface area contributed by atoms with Crippen LogP contribution in [0.2, 0.25) is 5.02 Å². The van der Waals surface area contributed by atoms with E-state index < -0.39 is 18.1 Å². The molecule has 39 heavy (non-hydrogen) atoms. The SMILES string of the molecule is O=C(CC(=O)c1ccc(Nc2nc(N3CCCCC3)nc(N3CCCCC3)n2)cc1)Nc1ccc(Cl)cc1F. The van der Waals surface area contributed by atoms with Crippen molar-refractivity contribution in [3.8, 4) is 0 Å². The molecule has 11 heteroatoms.